The van der Waals surface area contributed by atoms with E-state index in [4.69, 9.17) is 0 Å². The van der Waals surface area contributed by atoms with Gasteiger partial charge in [0.1, 0.15) is 0 Å². The summed E-state index contributed by atoms with van der Waals surface area (Å²) in [6, 6.07) is 21.7. The fourth-order valence-corrected chi connectivity index (χ4v) is 3.11. The first-order valence-corrected chi connectivity index (χ1v) is 10.3. The number of hydrogen-bond acceptors (Lipinski definition) is 4. The highest BCUT2D eigenvalue weighted by molar-refractivity contribution is 6.05. The van der Waals surface area contributed by atoms with Crippen molar-refractivity contribution in [2.75, 3.05) is 24.2 Å². The van der Waals surface area contributed by atoms with Crippen LogP contribution < -0.4 is 21.3 Å². The molecule has 7 heteroatoms. The molecule has 0 saturated heterocycles. The van der Waals surface area contributed by atoms with E-state index in [1.165, 1.54) is 0 Å². The summed E-state index contributed by atoms with van der Waals surface area (Å²) in [7, 11) is 1.55. The Hall–Kier alpha value is -4.13. The van der Waals surface area contributed by atoms with Gasteiger partial charge >= 0.3 is 0 Å². The third-order valence-electron chi connectivity index (χ3n) is 4.86. The average Bonchev–Trinajstić information content (AvgIpc) is 2.82. The first-order valence-electron chi connectivity index (χ1n) is 10.3. The molecule has 0 bridgehead atoms. The summed E-state index contributed by atoms with van der Waals surface area (Å²) in [4.78, 5) is 37.2. The molecule has 7 nitrogen and oxygen atoms in total. The topological polar surface area (TPSA) is 99.3 Å². The highest BCUT2D eigenvalue weighted by atomic mass is 16.2. The minimum atomic E-state index is -0.338. The predicted octanol–water partition coefficient (Wildman–Crippen LogP) is 3.34. The molecule has 0 aliphatic rings. The lowest BCUT2D eigenvalue weighted by Crippen LogP contribution is -2.27. The molecule has 0 fully saturated rings. The van der Waals surface area contributed by atoms with Crippen LogP contribution in [0.3, 0.4) is 0 Å². The Labute approximate surface area is 187 Å². The smallest absolute Gasteiger partial charge is 0.253 e. The van der Waals surface area contributed by atoms with Gasteiger partial charge in [0, 0.05) is 19.3 Å². The second kappa shape index (κ2) is 10.8. The van der Waals surface area contributed by atoms with Gasteiger partial charge in [-0.1, -0.05) is 54.1 Å². The maximum Gasteiger partial charge on any atom is 0.253 e. The number of para-hydroxylation sites is 2. The van der Waals surface area contributed by atoms with Gasteiger partial charge in [-0.3, -0.25) is 14.4 Å². The van der Waals surface area contributed by atoms with Crippen molar-refractivity contribution in [3.8, 4) is 0 Å². The molecule has 0 heterocycles. The van der Waals surface area contributed by atoms with Crippen molar-refractivity contribution in [3.05, 3.63) is 95.1 Å². The van der Waals surface area contributed by atoms with E-state index in [1.54, 1.807) is 55.6 Å². The zero-order valence-corrected chi connectivity index (χ0v) is 18.1. The second-order valence-corrected chi connectivity index (χ2v) is 7.24. The van der Waals surface area contributed by atoms with Gasteiger partial charge < -0.3 is 21.3 Å². The molecule has 0 saturated carbocycles. The Morgan fingerprint density at radius 3 is 2.00 bits per heavy atom. The Bertz CT molecular complexity index is 1110. The van der Waals surface area contributed by atoms with E-state index in [-0.39, 0.29) is 24.3 Å². The molecule has 0 radical (unpaired) electrons. The summed E-state index contributed by atoms with van der Waals surface area (Å²) in [6.45, 7) is 2.33. The number of carbonyl (C=O) groups is 3. The minimum absolute atomic E-state index is 0.0622. The SMILES string of the molecule is CNC(=O)c1ccccc1NCC(=O)Nc1ccccc1C(=O)NCc1ccc(C)cc1. The van der Waals surface area contributed by atoms with Crippen molar-refractivity contribution in [2.24, 2.45) is 0 Å². The maximum atomic E-state index is 12.7. The van der Waals surface area contributed by atoms with E-state index in [0.29, 0.717) is 29.0 Å². The van der Waals surface area contributed by atoms with E-state index in [1.807, 2.05) is 31.2 Å². The van der Waals surface area contributed by atoms with Crippen LogP contribution in [0.5, 0.6) is 0 Å². The monoisotopic (exact) mass is 430 g/mol. The van der Waals surface area contributed by atoms with Gasteiger partial charge in [0.25, 0.3) is 11.8 Å². The molecule has 0 atom stereocenters. The molecule has 164 valence electrons. The molecule has 0 aliphatic heterocycles. The number of benzene rings is 3. The van der Waals surface area contributed by atoms with Gasteiger partial charge in [0.15, 0.2) is 0 Å². The van der Waals surface area contributed by atoms with Gasteiger partial charge in [-0.25, -0.2) is 0 Å². The molecule has 3 aromatic carbocycles. The quantitative estimate of drug-likeness (QED) is 0.440. The zero-order valence-electron chi connectivity index (χ0n) is 18.1. The van der Waals surface area contributed by atoms with Gasteiger partial charge in [0.05, 0.1) is 23.4 Å². The molecule has 0 aliphatic carbocycles. The molecule has 0 spiro atoms. The summed E-state index contributed by atoms with van der Waals surface area (Å²) in [5, 5.41) is 11.2. The summed E-state index contributed by atoms with van der Waals surface area (Å²) in [5.41, 5.74) is 3.92. The van der Waals surface area contributed by atoms with Crippen LogP contribution in [0.25, 0.3) is 0 Å². The van der Waals surface area contributed by atoms with Crippen LogP contribution >= 0.6 is 0 Å². The molecule has 3 rings (SSSR count). The highest BCUT2D eigenvalue weighted by Gasteiger charge is 2.14. The highest BCUT2D eigenvalue weighted by Crippen LogP contribution is 2.17. The minimum Gasteiger partial charge on any atom is -0.376 e. The van der Waals surface area contributed by atoms with Crippen LogP contribution in [0, 0.1) is 6.92 Å². The molecular formula is C25H26N4O3. The van der Waals surface area contributed by atoms with Crippen molar-refractivity contribution in [2.45, 2.75) is 13.5 Å². The molecular weight excluding hydrogens is 404 g/mol. The fraction of sp³-hybridized carbons (Fsp3) is 0.160. The van der Waals surface area contributed by atoms with Crippen LogP contribution in [0.4, 0.5) is 11.4 Å². The predicted molar refractivity (Wildman–Crippen MR) is 126 cm³/mol. The summed E-state index contributed by atoms with van der Waals surface area (Å²) >= 11 is 0. The molecule has 32 heavy (non-hydrogen) atoms. The number of rotatable bonds is 8. The molecule has 3 aromatic rings. The average molecular weight is 431 g/mol. The van der Waals surface area contributed by atoms with Crippen LogP contribution in [-0.2, 0) is 11.3 Å². The van der Waals surface area contributed by atoms with Crippen LogP contribution in [0.2, 0.25) is 0 Å². The van der Waals surface area contributed by atoms with Crippen molar-refractivity contribution in [1.29, 1.82) is 0 Å². The first kappa shape index (κ1) is 22.6. The van der Waals surface area contributed by atoms with Crippen molar-refractivity contribution >= 4 is 29.1 Å². The lowest BCUT2D eigenvalue weighted by Gasteiger charge is -2.13. The van der Waals surface area contributed by atoms with Crippen LogP contribution in [0.15, 0.2) is 72.8 Å². The van der Waals surface area contributed by atoms with Gasteiger partial charge in [-0.15, -0.1) is 0 Å². The lowest BCUT2D eigenvalue weighted by atomic mass is 10.1. The zero-order chi connectivity index (χ0) is 22.9. The number of amides is 3. The summed E-state index contributed by atoms with van der Waals surface area (Å²) < 4.78 is 0. The summed E-state index contributed by atoms with van der Waals surface area (Å²) in [6.07, 6.45) is 0. The second-order valence-electron chi connectivity index (χ2n) is 7.24. The van der Waals surface area contributed by atoms with Crippen molar-refractivity contribution < 1.29 is 14.4 Å². The van der Waals surface area contributed by atoms with Crippen LogP contribution in [0.1, 0.15) is 31.8 Å². The van der Waals surface area contributed by atoms with Crippen molar-refractivity contribution in [3.63, 3.8) is 0 Å². The van der Waals surface area contributed by atoms with Crippen LogP contribution in [-0.4, -0.2) is 31.3 Å². The Morgan fingerprint density at radius 2 is 1.34 bits per heavy atom. The largest absolute Gasteiger partial charge is 0.376 e. The molecule has 0 unspecified atom stereocenters. The van der Waals surface area contributed by atoms with E-state index in [0.717, 1.165) is 11.1 Å². The standard InChI is InChI=1S/C25H26N4O3/c1-17-11-13-18(14-12-17)15-28-25(32)20-8-4-6-10-22(20)29-23(30)16-27-21-9-5-3-7-19(21)24(31)26-2/h3-14,27H,15-16H2,1-2H3,(H,26,31)(H,28,32)(H,29,30). The Balaban J connectivity index is 1.62. The lowest BCUT2D eigenvalue weighted by molar-refractivity contribution is -0.114. The van der Waals surface area contributed by atoms with E-state index < -0.39 is 0 Å². The number of anilines is 2. The first-order chi connectivity index (χ1) is 15.5. The molecule has 3 amide bonds. The fourth-order valence-electron chi connectivity index (χ4n) is 3.11. The Morgan fingerprint density at radius 1 is 0.750 bits per heavy atom. The van der Waals surface area contributed by atoms with E-state index in [2.05, 4.69) is 21.3 Å². The number of nitrogens with one attached hydrogen (secondary N) is 4. The molecule has 0 aromatic heterocycles. The third kappa shape index (κ3) is 5.95. The van der Waals surface area contributed by atoms with Gasteiger partial charge in [0.2, 0.25) is 5.91 Å². The number of carbonyl (C=O) groups excluding carboxylic acids is 3. The van der Waals surface area contributed by atoms with Crippen molar-refractivity contribution in [1.82, 2.24) is 10.6 Å². The third-order valence-corrected chi connectivity index (χ3v) is 4.86. The molecule has 4 N–H and O–H groups in total. The maximum absolute atomic E-state index is 12.7. The van der Waals surface area contributed by atoms with E-state index in [9.17, 15) is 14.4 Å². The summed E-state index contributed by atoms with van der Waals surface area (Å²) in [5.74, 6) is -0.862. The van der Waals surface area contributed by atoms with Gasteiger partial charge in [-0.05, 0) is 36.8 Å². The number of aryl methyl sites for hydroxylation is 1. The van der Waals surface area contributed by atoms with E-state index >= 15 is 0 Å². The normalized spacial score (nSPS) is 10.2. The number of hydrogen-bond donors (Lipinski definition) is 4. The Kier molecular flexibility index (Phi) is 7.59. The van der Waals surface area contributed by atoms with Gasteiger partial charge in [-0.2, -0.15) is 0 Å².